The van der Waals surface area contributed by atoms with Gasteiger partial charge in [0.15, 0.2) is 0 Å². The molecule has 1 saturated carbocycles. The maximum atomic E-state index is 11.3. The molecule has 1 amide bonds. The minimum atomic E-state index is -0.921. The second kappa shape index (κ2) is 6.70. The van der Waals surface area contributed by atoms with E-state index in [0.29, 0.717) is 0 Å². The molecule has 4 nitrogen and oxygen atoms in total. The monoisotopic (exact) mass is 301 g/mol. The summed E-state index contributed by atoms with van der Waals surface area (Å²) >= 11 is 3.81. The summed E-state index contributed by atoms with van der Waals surface area (Å²) in [6.45, 7) is 1.37. The van der Waals surface area contributed by atoms with Gasteiger partial charge in [-0.15, -0.1) is 23.5 Å². The van der Waals surface area contributed by atoms with Crippen LogP contribution < -0.4 is 5.32 Å². The Hall–Kier alpha value is -0.620. The molecule has 1 aliphatic carbocycles. The molecule has 1 saturated heterocycles. The van der Waals surface area contributed by atoms with Crippen molar-refractivity contribution in [3.05, 3.63) is 9.81 Å². The molecule has 2 atom stereocenters. The number of carboxylic acid groups (broad SMARTS) is 1. The highest BCUT2D eigenvalue weighted by Gasteiger charge is 2.34. The number of aliphatic carboxylic acids is 1. The fourth-order valence-corrected chi connectivity index (χ4v) is 5.33. The van der Waals surface area contributed by atoms with Crippen LogP contribution in [-0.4, -0.2) is 34.5 Å². The van der Waals surface area contributed by atoms with E-state index in [4.69, 9.17) is 0 Å². The molecule has 0 aromatic carbocycles. The van der Waals surface area contributed by atoms with Crippen molar-refractivity contribution in [1.29, 1.82) is 0 Å². The van der Waals surface area contributed by atoms with E-state index in [9.17, 15) is 14.7 Å². The lowest BCUT2D eigenvalue weighted by molar-refractivity contribution is -0.143. The van der Waals surface area contributed by atoms with E-state index in [0.717, 1.165) is 19.3 Å². The van der Waals surface area contributed by atoms with Crippen LogP contribution in [0.15, 0.2) is 9.81 Å². The summed E-state index contributed by atoms with van der Waals surface area (Å²) in [6.07, 6.45) is 3.90. The fraction of sp³-hybridized carbons (Fsp3) is 0.692. The molecule has 2 N–H and O–H groups in total. The predicted molar refractivity (Wildman–Crippen MR) is 79.1 cm³/mol. The Bertz CT molecular complexity index is 401. The normalized spacial score (nSPS) is 25.2. The van der Waals surface area contributed by atoms with E-state index in [2.05, 4.69) is 5.32 Å². The molecule has 1 unspecified atom stereocenters. The van der Waals surface area contributed by atoms with Gasteiger partial charge in [-0.3, -0.25) is 4.79 Å². The highest BCUT2D eigenvalue weighted by atomic mass is 32.2. The predicted octanol–water partition coefficient (Wildman–Crippen LogP) is 2.46. The van der Waals surface area contributed by atoms with Crippen LogP contribution in [0.3, 0.4) is 0 Å². The average molecular weight is 301 g/mol. The number of carbonyl (C=O) groups excluding carboxylic acids is 1. The number of nitrogens with one attached hydrogen (secondary N) is 1. The van der Waals surface area contributed by atoms with Gasteiger partial charge in [0.1, 0.15) is 6.04 Å². The lowest BCUT2D eigenvalue weighted by atomic mass is 9.98. The number of amides is 1. The summed E-state index contributed by atoms with van der Waals surface area (Å²) in [4.78, 5) is 22.4. The van der Waals surface area contributed by atoms with Gasteiger partial charge in [0.2, 0.25) is 5.91 Å². The first kappa shape index (κ1) is 14.8. The average Bonchev–Trinajstić information content (AvgIpc) is 2.86. The lowest BCUT2D eigenvalue weighted by Crippen LogP contribution is -2.44. The van der Waals surface area contributed by atoms with Crippen molar-refractivity contribution in [1.82, 2.24) is 5.32 Å². The summed E-state index contributed by atoms with van der Waals surface area (Å²) in [5.41, 5.74) is 1.40. The number of carbonyl (C=O) groups is 2. The van der Waals surface area contributed by atoms with Gasteiger partial charge in [0, 0.05) is 11.2 Å². The van der Waals surface area contributed by atoms with Crippen molar-refractivity contribution in [2.45, 2.75) is 38.6 Å². The number of rotatable bonds is 3. The van der Waals surface area contributed by atoms with Crippen LogP contribution in [-0.2, 0) is 9.59 Å². The first-order valence-electron chi connectivity index (χ1n) is 6.55. The summed E-state index contributed by atoms with van der Waals surface area (Å²) in [7, 11) is 0. The Kier molecular flexibility index (Phi) is 5.21. The van der Waals surface area contributed by atoms with Crippen molar-refractivity contribution in [3.63, 3.8) is 0 Å². The van der Waals surface area contributed by atoms with Crippen molar-refractivity contribution in [2.75, 3.05) is 11.5 Å². The van der Waals surface area contributed by atoms with E-state index in [1.54, 1.807) is 0 Å². The third-order valence-corrected chi connectivity index (χ3v) is 6.26. The van der Waals surface area contributed by atoms with Crippen LogP contribution in [0.2, 0.25) is 0 Å². The van der Waals surface area contributed by atoms with Gasteiger partial charge in [-0.25, -0.2) is 4.79 Å². The van der Waals surface area contributed by atoms with Crippen LogP contribution in [0.4, 0.5) is 0 Å². The number of allylic oxidation sites excluding steroid dienone is 1. The van der Waals surface area contributed by atoms with Crippen molar-refractivity contribution >= 4 is 35.4 Å². The number of carboxylic acids is 1. The molecule has 6 heteroatoms. The number of thioether (sulfide) groups is 2. The molecule has 0 aromatic rings. The van der Waals surface area contributed by atoms with E-state index in [1.165, 1.54) is 34.7 Å². The maximum Gasteiger partial charge on any atom is 0.326 e. The summed E-state index contributed by atoms with van der Waals surface area (Å²) in [6, 6.07) is -0.741. The molecular weight excluding hydrogens is 282 g/mol. The summed E-state index contributed by atoms with van der Waals surface area (Å²) in [5, 5.41) is 11.8. The van der Waals surface area contributed by atoms with Crippen LogP contribution in [0.5, 0.6) is 0 Å². The molecule has 0 radical (unpaired) electrons. The summed E-state index contributed by atoms with van der Waals surface area (Å²) in [5.74, 6) is 1.19. The molecule has 2 aliphatic rings. The smallest absolute Gasteiger partial charge is 0.326 e. The second-order valence-corrected chi connectivity index (χ2v) is 7.43. The van der Waals surface area contributed by atoms with E-state index in [1.807, 2.05) is 23.5 Å². The van der Waals surface area contributed by atoms with Crippen molar-refractivity contribution < 1.29 is 14.7 Å². The van der Waals surface area contributed by atoms with Gasteiger partial charge in [0.25, 0.3) is 0 Å². The molecular formula is C13H19NO3S2. The maximum absolute atomic E-state index is 11.3. The van der Waals surface area contributed by atoms with E-state index >= 15 is 0 Å². The van der Waals surface area contributed by atoms with Gasteiger partial charge in [-0.1, -0.05) is 0 Å². The Labute approximate surface area is 121 Å². The van der Waals surface area contributed by atoms with Gasteiger partial charge < -0.3 is 10.4 Å². The van der Waals surface area contributed by atoms with E-state index in [-0.39, 0.29) is 11.8 Å². The van der Waals surface area contributed by atoms with Gasteiger partial charge in [-0.05, 0) is 48.7 Å². The Morgan fingerprint density at radius 3 is 2.63 bits per heavy atom. The Morgan fingerprint density at radius 2 is 2.05 bits per heavy atom. The topological polar surface area (TPSA) is 66.4 Å². The number of hydrogen-bond acceptors (Lipinski definition) is 4. The molecule has 0 aromatic heterocycles. The van der Waals surface area contributed by atoms with Gasteiger partial charge >= 0.3 is 5.97 Å². The molecule has 0 spiro atoms. The van der Waals surface area contributed by atoms with Crippen LogP contribution in [0, 0.1) is 5.92 Å². The molecule has 2 fully saturated rings. The Morgan fingerprint density at radius 1 is 1.37 bits per heavy atom. The molecule has 1 heterocycles. The lowest BCUT2D eigenvalue weighted by Gasteiger charge is -2.20. The standard InChI is InChI=1S/C13H19NO3S2/c1-8(15)14-11(12(16)17)9-3-4-10(7-9)13-18-5-2-6-19-13/h9,11H,2-7H2,1H3,(H,14,15)(H,16,17)/t9-,11?/m1/s1. The highest BCUT2D eigenvalue weighted by Crippen LogP contribution is 2.44. The third-order valence-electron chi connectivity index (χ3n) is 3.47. The van der Waals surface area contributed by atoms with Crippen molar-refractivity contribution in [3.8, 4) is 0 Å². The van der Waals surface area contributed by atoms with Crippen molar-refractivity contribution in [2.24, 2.45) is 5.92 Å². The van der Waals surface area contributed by atoms with Crippen LogP contribution in [0.1, 0.15) is 32.6 Å². The zero-order chi connectivity index (χ0) is 13.8. The molecule has 0 bridgehead atoms. The highest BCUT2D eigenvalue weighted by molar-refractivity contribution is 8.22. The first-order chi connectivity index (χ1) is 9.08. The minimum absolute atomic E-state index is 0.0343. The quantitative estimate of drug-likeness (QED) is 0.838. The van der Waals surface area contributed by atoms with Crippen LogP contribution in [0.25, 0.3) is 0 Å². The Balaban J connectivity index is 2.03. The fourth-order valence-electron chi connectivity index (χ4n) is 2.58. The molecule has 1 aliphatic heterocycles. The SMILES string of the molecule is CC(=O)NC(C(=O)O)[C@@H]1CCC(=C2SCCCS2)C1. The van der Waals surface area contributed by atoms with Gasteiger partial charge in [-0.2, -0.15) is 0 Å². The van der Waals surface area contributed by atoms with Gasteiger partial charge in [0.05, 0.1) is 0 Å². The summed E-state index contributed by atoms with van der Waals surface area (Å²) < 4.78 is 1.40. The largest absolute Gasteiger partial charge is 0.480 e. The first-order valence-corrected chi connectivity index (χ1v) is 8.52. The molecule has 106 valence electrons. The second-order valence-electron chi connectivity index (χ2n) is 4.96. The van der Waals surface area contributed by atoms with Crippen LogP contribution >= 0.6 is 23.5 Å². The number of hydrogen-bond donors (Lipinski definition) is 2. The molecule has 19 heavy (non-hydrogen) atoms. The van der Waals surface area contributed by atoms with E-state index < -0.39 is 12.0 Å². The minimum Gasteiger partial charge on any atom is -0.480 e. The zero-order valence-corrected chi connectivity index (χ0v) is 12.6. The third kappa shape index (κ3) is 3.92. The zero-order valence-electron chi connectivity index (χ0n) is 11.0. The molecule has 2 rings (SSSR count).